The van der Waals surface area contributed by atoms with E-state index in [1.807, 2.05) is 0 Å². The van der Waals surface area contributed by atoms with Crippen molar-refractivity contribution in [3.63, 3.8) is 0 Å². The molecule has 0 nitrogen and oxygen atoms in total. The summed E-state index contributed by atoms with van der Waals surface area (Å²) in [6.07, 6.45) is 0. The maximum atomic E-state index is 2.22. The van der Waals surface area contributed by atoms with Crippen molar-refractivity contribution in [3.05, 3.63) is 73.1 Å². The molecule has 1 radical (unpaired) electrons. The first-order chi connectivity index (χ1) is 7.95. The van der Waals surface area contributed by atoms with Crippen LogP contribution in [0.2, 0.25) is 0 Å². The van der Waals surface area contributed by atoms with Crippen LogP contribution in [0.4, 0.5) is 0 Å². The third kappa shape index (κ3) is 1.86. The van der Waals surface area contributed by atoms with Crippen LogP contribution in [0.5, 0.6) is 0 Å². The SMILES string of the molecule is c1csc([C](c2ccsc2)c2cccs2)c1. The molecule has 0 aliphatic rings. The van der Waals surface area contributed by atoms with Crippen molar-refractivity contribution in [3.8, 4) is 0 Å². The van der Waals surface area contributed by atoms with Gasteiger partial charge in [-0.15, -0.1) is 22.7 Å². The molecule has 0 aromatic carbocycles. The van der Waals surface area contributed by atoms with E-state index >= 15 is 0 Å². The van der Waals surface area contributed by atoms with Crippen LogP contribution in [0.25, 0.3) is 0 Å². The molecule has 3 heterocycles. The molecular formula is C13H9S3. The molecule has 3 aromatic heterocycles. The van der Waals surface area contributed by atoms with E-state index in [1.54, 1.807) is 34.0 Å². The molecule has 0 amide bonds. The van der Waals surface area contributed by atoms with E-state index < -0.39 is 0 Å². The van der Waals surface area contributed by atoms with Gasteiger partial charge < -0.3 is 0 Å². The topological polar surface area (TPSA) is 0 Å². The summed E-state index contributed by atoms with van der Waals surface area (Å²) in [4.78, 5) is 2.70. The van der Waals surface area contributed by atoms with E-state index in [9.17, 15) is 0 Å². The van der Waals surface area contributed by atoms with Crippen LogP contribution in [0.3, 0.4) is 0 Å². The van der Waals surface area contributed by atoms with Crippen LogP contribution in [-0.4, -0.2) is 0 Å². The van der Waals surface area contributed by atoms with E-state index in [4.69, 9.17) is 0 Å². The smallest absolute Gasteiger partial charge is 0.0840 e. The predicted octanol–water partition coefficient (Wildman–Crippen LogP) is 4.89. The highest BCUT2D eigenvalue weighted by Crippen LogP contribution is 2.36. The second-order valence-corrected chi connectivity index (χ2v) is 6.02. The highest BCUT2D eigenvalue weighted by atomic mass is 32.1. The summed E-state index contributed by atoms with van der Waals surface area (Å²) in [5.74, 6) is 1.37. The Morgan fingerprint density at radius 2 is 1.50 bits per heavy atom. The van der Waals surface area contributed by atoms with Gasteiger partial charge in [0.25, 0.3) is 0 Å². The van der Waals surface area contributed by atoms with Crippen LogP contribution in [0.1, 0.15) is 15.3 Å². The lowest BCUT2D eigenvalue weighted by Gasteiger charge is -2.10. The third-order valence-electron chi connectivity index (χ3n) is 2.35. The van der Waals surface area contributed by atoms with Gasteiger partial charge in [0.1, 0.15) is 0 Å². The van der Waals surface area contributed by atoms with Crippen molar-refractivity contribution in [2.24, 2.45) is 0 Å². The number of hydrogen-bond donors (Lipinski definition) is 0. The summed E-state index contributed by atoms with van der Waals surface area (Å²) in [5, 5.41) is 8.62. The van der Waals surface area contributed by atoms with Gasteiger partial charge in [-0.1, -0.05) is 12.1 Å². The Bertz CT molecular complexity index is 436. The minimum atomic E-state index is 1.33. The van der Waals surface area contributed by atoms with Crippen LogP contribution in [0, 0.1) is 5.92 Å². The Balaban J connectivity index is 2.09. The lowest BCUT2D eigenvalue weighted by molar-refractivity contribution is 1.34. The van der Waals surface area contributed by atoms with Crippen molar-refractivity contribution in [1.82, 2.24) is 0 Å². The molecule has 16 heavy (non-hydrogen) atoms. The van der Waals surface area contributed by atoms with E-state index in [-0.39, 0.29) is 0 Å². The lowest BCUT2D eigenvalue weighted by atomic mass is 9.99. The Kier molecular flexibility index (Phi) is 2.91. The summed E-state index contributed by atoms with van der Waals surface area (Å²) < 4.78 is 0. The fourth-order valence-corrected chi connectivity index (χ4v) is 3.98. The maximum Gasteiger partial charge on any atom is 0.0840 e. The van der Waals surface area contributed by atoms with E-state index in [2.05, 4.69) is 51.9 Å². The molecule has 0 bridgehead atoms. The zero-order chi connectivity index (χ0) is 10.8. The van der Waals surface area contributed by atoms with Gasteiger partial charge in [0, 0.05) is 9.75 Å². The number of hydrogen-bond acceptors (Lipinski definition) is 3. The van der Waals surface area contributed by atoms with Crippen LogP contribution in [0.15, 0.2) is 51.9 Å². The molecule has 0 saturated heterocycles. The molecule has 3 rings (SSSR count). The monoisotopic (exact) mass is 261 g/mol. The molecule has 0 aliphatic carbocycles. The van der Waals surface area contributed by atoms with Gasteiger partial charge in [-0.2, -0.15) is 11.3 Å². The van der Waals surface area contributed by atoms with Gasteiger partial charge in [-0.05, 0) is 45.3 Å². The van der Waals surface area contributed by atoms with Gasteiger partial charge in [0.2, 0.25) is 0 Å². The predicted molar refractivity (Wildman–Crippen MR) is 73.5 cm³/mol. The summed E-state index contributed by atoms with van der Waals surface area (Å²) >= 11 is 5.35. The lowest BCUT2D eigenvalue weighted by Crippen LogP contribution is -1.97. The first-order valence-corrected chi connectivity index (χ1v) is 7.62. The van der Waals surface area contributed by atoms with Gasteiger partial charge in [-0.3, -0.25) is 0 Å². The maximum absolute atomic E-state index is 2.22. The highest BCUT2D eigenvalue weighted by Gasteiger charge is 2.19. The van der Waals surface area contributed by atoms with Crippen molar-refractivity contribution >= 4 is 34.0 Å². The average Bonchev–Trinajstić information content (AvgIpc) is 3.02. The molecule has 0 saturated carbocycles. The normalized spacial score (nSPS) is 11.1. The standard InChI is InChI=1S/C13H9S3/c1-3-11(15-6-1)13(10-5-8-14-9-10)12-4-2-7-16-12/h1-9H. The Morgan fingerprint density at radius 1 is 0.812 bits per heavy atom. The Morgan fingerprint density at radius 3 is 1.94 bits per heavy atom. The molecule has 0 fully saturated rings. The molecular weight excluding hydrogens is 252 g/mol. The van der Waals surface area contributed by atoms with E-state index in [0.29, 0.717) is 0 Å². The largest absolute Gasteiger partial charge is 0.152 e. The first-order valence-electron chi connectivity index (χ1n) is 4.92. The number of rotatable bonds is 3. The van der Waals surface area contributed by atoms with Gasteiger partial charge in [0.05, 0.1) is 5.92 Å². The van der Waals surface area contributed by atoms with Gasteiger partial charge in [-0.25, -0.2) is 0 Å². The van der Waals surface area contributed by atoms with Crippen LogP contribution < -0.4 is 0 Å². The van der Waals surface area contributed by atoms with Crippen LogP contribution in [-0.2, 0) is 0 Å². The fourth-order valence-electron chi connectivity index (χ4n) is 1.65. The molecule has 0 atom stereocenters. The highest BCUT2D eigenvalue weighted by molar-refractivity contribution is 7.12. The second kappa shape index (κ2) is 4.53. The fraction of sp³-hybridized carbons (Fsp3) is 0. The van der Waals surface area contributed by atoms with Crippen molar-refractivity contribution in [2.75, 3.05) is 0 Å². The molecule has 3 aromatic rings. The van der Waals surface area contributed by atoms with Crippen molar-refractivity contribution in [2.45, 2.75) is 0 Å². The Hall–Kier alpha value is -0.900. The summed E-state index contributed by atoms with van der Waals surface area (Å²) in [6.45, 7) is 0. The minimum absolute atomic E-state index is 1.33. The summed E-state index contributed by atoms with van der Waals surface area (Å²) in [7, 11) is 0. The van der Waals surface area contributed by atoms with Gasteiger partial charge >= 0.3 is 0 Å². The van der Waals surface area contributed by atoms with Gasteiger partial charge in [0.15, 0.2) is 0 Å². The second-order valence-electron chi connectivity index (χ2n) is 3.34. The molecule has 0 unspecified atom stereocenters. The first kappa shape index (κ1) is 10.3. The summed E-state index contributed by atoms with van der Waals surface area (Å²) in [5.41, 5.74) is 1.33. The molecule has 3 heteroatoms. The van der Waals surface area contributed by atoms with E-state index in [0.717, 1.165) is 0 Å². The molecule has 0 spiro atoms. The average molecular weight is 261 g/mol. The number of thiophene rings is 3. The zero-order valence-corrected chi connectivity index (χ0v) is 10.9. The third-order valence-corrected chi connectivity index (χ3v) is 4.80. The quantitative estimate of drug-likeness (QED) is 0.629. The molecule has 0 aliphatic heterocycles. The zero-order valence-electron chi connectivity index (χ0n) is 8.42. The van der Waals surface area contributed by atoms with Crippen LogP contribution >= 0.6 is 34.0 Å². The summed E-state index contributed by atoms with van der Waals surface area (Å²) in [6, 6.07) is 10.8. The van der Waals surface area contributed by atoms with Crippen molar-refractivity contribution in [1.29, 1.82) is 0 Å². The van der Waals surface area contributed by atoms with Crippen molar-refractivity contribution < 1.29 is 0 Å². The minimum Gasteiger partial charge on any atom is -0.152 e. The molecule has 79 valence electrons. The molecule has 0 N–H and O–H groups in total. The van der Waals surface area contributed by atoms with E-state index in [1.165, 1.54) is 21.2 Å². The Labute approximate surface area is 107 Å².